The standard InChI is InChI=1S/C11H21NO4/c1-7(2)10(11(14)15-5)12-9(13)6-16-8(3)4/h7-8,10H,6H2,1-5H3,(H,12,13). The van der Waals surface area contributed by atoms with Crippen molar-refractivity contribution in [1.82, 2.24) is 5.32 Å². The first-order valence-electron chi connectivity index (χ1n) is 5.37. The molecular formula is C11H21NO4. The van der Waals surface area contributed by atoms with Crippen LogP contribution >= 0.6 is 0 Å². The molecule has 94 valence electrons. The van der Waals surface area contributed by atoms with E-state index in [2.05, 4.69) is 10.1 Å². The number of hydrogen-bond donors (Lipinski definition) is 1. The molecule has 1 amide bonds. The summed E-state index contributed by atoms with van der Waals surface area (Å²) in [6.07, 6.45) is -0.0126. The van der Waals surface area contributed by atoms with Gasteiger partial charge >= 0.3 is 5.97 Å². The van der Waals surface area contributed by atoms with Gasteiger partial charge in [0.25, 0.3) is 0 Å². The van der Waals surface area contributed by atoms with Crippen molar-refractivity contribution in [1.29, 1.82) is 0 Å². The van der Waals surface area contributed by atoms with Crippen LogP contribution in [0.3, 0.4) is 0 Å². The molecule has 5 nitrogen and oxygen atoms in total. The van der Waals surface area contributed by atoms with Gasteiger partial charge < -0.3 is 14.8 Å². The van der Waals surface area contributed by atoms with Crippen LogP contribution in [-0.4, -0.2) is 37.7 Å². The minimum Gasteiger partial charge on any atom is -0.467 e. The summed E-state index contributed by atoms with van der Waals surface area (Å²) in [5.41, 5.74) is 0. The molecule has 0 aliphatic rings. The van der Waals surface area contributed by atoms with Crippen LogP contribution in [0.2, 0.25) is 0 Å². The molecular weight excluding hydrogens is 210 g/mol. The maximum atomic E-state index is 11.4. The first-order chi connectivity index (χ1) is 7.38. The highest BCUT2D eigenvalue weighted by Crippen LogP contribution is 2.03. The lowest BCUT2D eigenvalue weighted by molar-refractivity contribution is -0.147. The summed E-state index contributed by atoms with van der Waals surface area (Å²) >= 11 is 0. The molecule has 0 saturated carbocycles. The van der Waals surface area contributed by atoms with Crippen molar-refractivity contribution < 1.29 is 19.1 Å². The first kappa shape index (κ1) is 14.9. The minimum absolute atomic E-state index is 0.0126. The van der Waals surface area contributed by atoms with Crippen LogP contribution in [0.25, 0.3) is 0 Å². The van der Waals surface area contributed by atoms with E-state index in [1.165, 1.54) is 7.11 Å². The van der Waals surface area contributed by atoms with E-state index in [4.69, 9.17) is 4.74 Å². The lowest BCUT2D eigenvalue weighted by Crippen LogP contribution is -2.46. The van der Waals surface area contributed by atoms with Gasteiger partial charge in [-0.2, -0.15) is 0 Å². The molecule has 0 aromatic rings. The van der Waals surface area contributed by atoms with Crippen LogP contribution in [0.5, 0.6) is 0 Å². The zero-order valence-electron chi connectivity index (χ0n) is 10.6. The molecule has 16 heavy (non-hydrogen) atoms. The summed E-state index contributed by atoms with van der Waals surface area (Å²) in [7, 11) is 1.30. The quantitative estimate of drug-likeness (QED) is 0.684. The van der Waals surface area contributed by atoms with Crippen LogP contribution < -0.4 is 5.32 Å². The Kier molecular flexibility index (Phi) is 6.72. The summed E-state index contributed by atoms with van der Waals surface area (Å²) < 4.78 is 9.74. The average molecular weight is 231 g/mol. The predicted octanol–water partition coefficient (Wildman–Crippen LogP) is 0.725. The van der Waals surface area contributed by atoms with Crippen molar-refractivity contribution in [3.05, 3.63) is 0 Å². The molecule has 0 radical (unpaired) electrons. The summed E-state index contributed by atoms with van der Waals surface area (Å²) in [5, 5.41) is 2.58. The van der Waals surface area contributed by atoms with Crippen LogP contribution in [-0.2, 0) is 19.1 Å². The second-order valence-electron chi connectivity index (χ2n) is 4.17. The maximum Gasteiger partial charge on any atom is 0.328 e. The molecule has 0 aromatic heterocycles. The Morgan fingerprint density at radius 1 is 1.19 bits per heavy atom. The molecule has 0 rings (SSSR count). The Morgan fingerprint density at radius 3 is 2.12 bits per heavy atom. The molecule has 0 saturated heterocycles. The van der Waals surface area contributed by atoms with E-state index >= 15 is 0 Å². The second kappa shape index (κ2) is 7.22. The SMILES string of the molecule is COC(=O)C(NC(=O)COC(C)C)C(C)C. The van der Waals surface area contributed by atoms with Gasteiger partial charge in [0.1, 0.15) is 12.6 Å². The number of methoxy groups -OCH3 is 1. The summed E-state index contributed by atoms with van der Waals surface area (Å²) in [5.74, 6) is -0.763. The highest BCUT2D eigenvalue weighted by Gasteiger charge is 2.24. The number of hydrogen-bond acceptors (Lipinski definition) is 4. The van der Waals surface area contributed by atoms with Crippen molar-refractivity contribution in [2.24, 2.45) is 5.92 Å². The Morgan fingerprint density at radius 2 is 1.75 bits per heavy atom. The highest BCUT2D eigenvalue weighted by atomic mass is 16.5. The molecule has 0 spiro atoms. The number of carbonyl (C=O) groups is 2. The van der Waals surface area contributed by atoms with Gasteiger partial charge in [-0.15, -0.1) is 0 Å². The zero-order valence-corrected chi connectivity index (χ0v) is 10.6. The van der Waals surface area contributed by atoms with Crippen molar-refractivity contribution >= 4 is 11.9 Å². The maximum absolute atomic E-state index is 11.4. The molecule has 1 atom stereocenters. The van der Waals surface area contributed by atoms with Gasteiger partial charge in [-0.25, -0.2) is 4.79 Å². The Bertz CT molecular complexity index is 238. The molecule has 5 heteroatoms. The lowest BCUT2D eigenvalue weighted by Gasteiger charge is -2.20. The second-order valence-corrected chi connectivity index (χ2v) is 4.17. The fourth-order valence-electron chi connectivity index (χ4n) is 1.08. The third-order valence-electron chi connectivity index (χ3n) is 1.99. The largest absolute Gasteiger partial charge is 0.467 e. The van der Waals surface area contributed by atoms with Gasteiger partial charge in [0.05, 0.1) is 13.2 Å². The van der Waals surface area contributed by atoms with Crippen molar-refractivity contribution in [2.75, 3.05) is 13.7 Å². The van der Waals surface area contributed by atoms with E-state index in [0.717, 1.165) is 0 Å². The predicted molar refractivity (Wildman–Crippen MR) is 59.9 cm³/mol. The van der Waals surface area contributed by atoms with Crippen LogP contribution in [0.1, 0.15) is 27.7 Å². The zero-order chi connectivity index (χ0) is 12.7. The normalized spacial score (nSPS) is 12.7. The molecule has 0 aliphatic heterocycles. The fraction of sp³-hybridized carbons (Fsp3) is 0.818. The summed E-state index contributed by atoms with van der Waals surface area (Å²) in [6.45, 7) is 7.31. The smallest absolute Gasteiger partial charge is 0.328 e. The molecule has 1 N–H and O–H groups in total. The number of ether oxygens (including phenoxy) is 2. The topological polar surface area (TPSA) is 64.6 Å². The summed E-state index contributed by atoms with van der Waals surface area (Å²) in [6, 6.07) is -0.617. The van der Waals surface area contributed by atoms with Gasteiger partial charge in [0, 0.05) is 0 Å². The van der Waals surface area contributed by atoms with Gasteiger partial charge in [0.2, 0.25) is 5.91 Å². The number of rotatable bonds is 6. The fourth-order valence-corrected chi connectivity index (χ4v) is 1.08. The van der Waals surface area contributed by atoms with Gasteiger partial charge in [-0.1, -0.05) is 13.8 Å². The molecule has 0 bridgehead atoms. The van der Waals surface area contributed by atoms with Gasteiger partial charge in [0.15, 0.2) is 0 Å². The van der Waals surface area contributed by atoms with Crippen molar-refractivity contribution in [2.45, 2.75) is 39.8 Å². The van der Waals surface area contributed by atoms with E-state index in [9.17, 15) is 9.59 Å². The Hall–Kier alpha value is -1.10. The third-order valence-corrected chi connectivity index (χ3v) is 1.99. The van der Waals surface area contributed by atoms with E-state index in [-0.39, 0.29) is 24.5 Å². The lowest BCUT2D eigenvalue weighted by atomic mass is 10.0. The van der Waals surface area contributed by atoms with E-state index < -0.39 is 12.0 Å². The van der Waals surface area contributed by atoms with E-state index in [1.54, 1.807) is 0 Å². The van der Waals surface area contributed by atoms with Gasteiger partial charge in [-0.05, 0) is 19.8 Å². The molecule has 0 aliphatic carbocycles. The van der Waals surface area contributed by atoms with Gasteiger partial charge in [-0.3, -0.25) is 4.79 Å². The third kappa shape index (κ3) is 5.70. The molecule has 0 aromatic carbocycles. The van der Waals surface area contributed by atoms with Crippen LogP contribution in [0, 0.1) is 5.92 Å². The average Bonchev–Trinajstić information content (AvgIpc) is 2.21. The number of esters is 1. The monoisotopic (exact) mass is 231 g/mol. The van der Waals surface area contributed by atoms with Crippen LogP contribution in [0.4, 0.5) is 0 Å². The number of carbonyl (C=O) groups excluding carboxylic acids is 2. The number of amides is 1. The molecule has 1 unspecified atom stereocenters. The highest BCUT2D eigenvalue weighted by molar-refractivity contribution is 5.85. The van der Waals surface area contributed by atoms with Crippen LogP contribution in [0.15, 0.2) is 0 Å². The summed E-state index contributed by atoms with van der Waals surface area (Å²) in [4.78, 5) is 22.8. The van der Waals surface area contributed by atoms with Crippen molar-refractivity contribution in [3.8, 4) is 0 Å². The number of nitrogens with one attached hydrogen (secondary N) is 1. The minimum atomic E-state index is -0.617. The Balaban J connectivity index is 4.19. The van der Waals surface area contributed by atoms with E-state index in [0.29, 0.717) is 0 Å². The first-order valence-corrected chi connectivity index (χ1v) is 5.37. The van der Waals surface area contributed by atoms with Crippen molar-refractivity contribution in [3.63, 3.8) is 0 Å². The van der Waals surface area contributed by atoms with E-state index in [1.807, 2.05) is 27.7 Å². The molecule has 0 heterocycles. The Labute approximate surface area is 96.5 Å². The molecule has 0 fully saturated rings.